The zero-order valence-electron chi connectivity index (χ0n) is 10.3. The van der Waals surface area contributed by atoms with Crippen LogP contribution in [0.4, 0.5) is 5.82 Å². The Balaban J connectivity index is 2.19. The van der Waals surface area contributed by atoms with Crippen LogP contribution in [0.3, 0.4) is 0 Å². The molecule has 0 amide bonds. The molecule has 1 aromatic heterocycles. The van der Waals surface area contributed by atoms with E-state index in [2.05, 4.69) is 14.9 Å². The van der Waals surface area contributed by atoms with Crippen molar-refractivity contribution in [3.63, 3.8) is 0 Å². The van der Waals surface area contributed by atoms with Crippen molar-refractivity contribution in [2.24, 2.45) is 0 Å². The second-order valence-electron chi connectivity index (χ2n) is 4.43. The molecule has 0 bridgehead atoms. The fourth-order valence-corrected chi connectivity index (χ4v) is 2.55. The van der Waals surface area contributed by atoms with Gasteiger partial charge in [-0.25, -0.2) is 4.98 Å². The van der Waals surface area contributed by atoms with Gasteiger partial charge in [0, 0.05) is 13.1 Å². The van der Waals surface area contributed by atoms with E-state index in [1.165, 1.54) is 32.1 Å². The van der Waals surface area contributed by atoms with Gasteiger partial charge in [0.1, 0.15) is 5.02 Å². The van der Waals surface area contributed by atoms with E-state index in [1.54, 1.807) is 13.3 Å². The number of hydrogen-bond acceptors (Lipinski definition) is 4. The maximum absolute atomic E-state index is 6.15. The van der Waals surface area contributed by atoms with Crippen LogP contribution in [0, 0.1) is 0 Å². The molecule has 1 fully saturated rings. The standard InChI is InChI=1S/C12H18ClN3O/c1-16(9-6-4-3-5-7-9)11-10(13)8-14-12(15-11)17-2/h8-9H,3-7H2,1-2H3. The molecule has 5 heteroatoms. The molecule has 0 aliphatic heterocycles. The summed E-state index contributed by atoms with van der Waals surface area (Å²) in [6.45, 7) is 0. The van der Waals surface area contributed by atoms with E-state index in [4.69, 9.17) is 16.3 Å². The van der Waals surface area contributed by atoms with Crippen LogP contribution in [0.25, 0.3) is 0 Å². The number of halogens is 1. The van der Waals surface area contributed by atoms with E-state index in [9.17, 15) is 0 Å². The third-order valence-corrected chi connectivity index (χ3v) is 3.61. The van der Waals surface area contributed by atoms with E-state index in [1.807, 2.05) is 7.05 Å². The number of ether oxygens (including phenoxy) is 1. The molecule has 0 saturated heterocycles. The van der Waals surface area contributed by atoms with Crippen molar-refractivity contribution < 1.29 is 4.74 Å². The molecule has 0 atom stereocenters. The van der Waals surface area contributed by atoms with Crippen molar-refractivity contribution in [2.75, 3.05) is 19.1 Å². The van der Waals surface area contributed by atoms with Crippen molar-refractivity contribution in [3.05, 3.63) is 11.2 Å². The minimum Gasteiger partial charge on any atom is -0.467 e. The van der Waals surface area contributed by atoms with Crippen LogP contribution >= 0.6 is 11.6 Å². The van der Waals surface area contributed by atoms with Crippen LogP contribution in [0.5, 0.6) is 6.01 Å². The van der Waals surface area contributed by atoms with Gasteiger partial charge >= 0.3 is 6.01 Å². The molecule has 1 heterocycles. The Bertz CT molecular complexity index is 380. The summed E-state index contributed by atoms with van der Waals surface area (Å²) >= 11 is 6.15. The molecule has 0 unspecified atom stereocenters. The summed E-state index contributed by atoms with van der Waals surface area (Å²) in [6.07, 6.45) is 7.93. The molecule has 1 aromatic rings. The lowest BCUT2D eigenvalue weighted by Gasteiger charge is -2.32. The molecule has 0 N–H and O–H groups in total. The van der Waals surface area contributed by atoms with Crippen molar-refractivity contribution in [1.82, 2.24) is 9.97 Å². The quantitative estimate of drug-likeness (QED) is 0.833. The number of anilines is 1. The Kier molecular flexibility index (Phi) is 4.05. The second kappa shape index (κ2) is 5.54. The zero-order chi connectivity index (χ0) is 12.3. The first-order chi connectivity index (χ1) is 8.22. The SMILES string of the molecule is COc1ncc(Cl)c(N(C)C2CCCCC2)n1. The molecule has 0 spiro atoms. The van der Waals surface area contributed by atoms with Gasteiger partial charge in [-0.3, -0.25) is 0 Å². The minimum atomic E-state index is 0.368. The van der Waals surface area contributed by atoms with Crippen LogP contribution in [0.1, 0.15) is 32.1 Å². The van der Waals surface area contributed by atoms with Crippen molar-refractivity contribution in [2.45, 2.75) is 38.1 Å². The number of hydrogen-bond donors (Lipinski definition) is 0. The number of nitrogens with zero attached hydrogens (tertiary/aromatic N) is 3. The van der Waals surface area contributed by atoms with Gasteiger partial charge in [-0.05, 0) is 12.8 Å². The summed E-state index contributed by atoms with van der Waals surface area (Å²) in [6, 6.07) is 0.896. The van der Waals surface area contributed by atoms with Gasteiger partial charge in [0.25, 0.3) is 0 Å². The molecule has 2 rings (SSSR count). The lowest BCUT2D eigenvalue weighted by molar-refractivity contribution is 0.377. The summed E-state index contributed by atoms with van der Waals surface area (Å²) in [5, 5.41) is 0.582. The lowest BCUT2D eigenvalue weighted by atomic mass is 9.94. The van der Waals surface area contributed by atoms with Gasteiger partial charge in [-0.1, -0.05) is 30.9 Å². The van der Waals surface area contributed by atoms with E-state index in [0.29, 0.717) is 17.1 Å². The Morgan fingerprint density at radius 1 is 1.35 bits per heavy atom. The van der Waals surface area contributed by atoms with E-state index >= 15 is 0 Å². The van der Waals surface area contributed by atoms with Crippen molar-refractivity contribution in [1.29, 1.82) is 0 Å². The van der Waals surface area contributed by atoms with Crippen LogP contribution in [0.15, 0.2) is 6.20 Å². The smallest absolute Gasteiger partial charge is 0.318 e. The van der Waals surface area contributed by atoms with Gasteiger partial charge in [-0.15, -0.1) is 0 Å². The molecule has 1 aliphatic carbocycles. The van der Waals surface area contributed by atoms with Gasteiger partial charge < -0.3 is 9.64 Å². The predicted octanol–water partition coefficient (Wildman–Crippen LogP) is 2.91. The summed E-state index contributed by atoms with van der Waals surface area (Å²) in [4.78, 5) is 10.5. The highest BCUT2D eigenvalue weighted by Crippen LogP contribution is 2.29. The first-order valence-corrected chi connectivity index (χ1v) is 6.39. The largest absolute Gasteiger partial charge is 0.467 e. The highest BCUT2D eigenvalue weighted by atomic mass is 35.5. The van der Waals surface area contributed by atoms with Crippen molar-refractivity contribution in [3.8, 4) is 6.01 Å². The summed E-state index contributed by atoms with van der Waals surface area (Å²) in [5.74, 6) is 0.769. The zero-order valence-corrected chi connectivity index (χ0v) is 11.1. The predicted molar refractivity (Wildman–Crippen MR) is 68.9 cm³/mol. The Labute approximate surface area is 107 Å². The van der Waals surface area contributed by atoms with Gasteiger partial charge in [0.15, 0.2) is 5.82 Å². The first-order valence-electron chi connectivity index (χ1n) is 6.01. The lowest BCUT2D eigenvalue weighted by Crippen LogP contribution is -2.34. The topological polar surface area (TPSA) is 38.2 Å². The van der Waals surface area contributed by atoms with Crippen LogP contribution in [-0.2, 0) is 0 Å². The van der Waals surface area contributed by atoms with Crippen molar-refractivity contribution >= 4 is 17.4 Å². The molecular weight excluding hydrogens is 238 g/mol. The van der Waals surface area contributed by atoms with Gasteiger partial charge in [-0.2, -0.15) is 4.98 Å². The average Bonchev–Trinajstić information content (AvgIpc) is 2.39. The Morgan fingerprint density at radius 3 is 2.71 bits per heavy atom. The summed E-state index contributed by atoms with van der Waals surface area (Å²) < 4.78 is 5.04. The van der Waals surface area contributed by atoms with Crippen LogP contribution < -0.4 is 9.64 Å². The summed E-state index contributed by atoms with van der Waals surface area (Å²) in [5.41, 5.74) is 0. The van der Waals surface area contributed by atoms with E-state index in [0.717, 1.165) is 5.82 Å². The van der Waals surface area contributed by atoms with E-state index in [-0.39, 0.29) is 0 Å². The fraction of sp³-hybridized carbons (Fsp3) is 0.667. The molecule has 4 nitrogen and oxygen atoms in total. The molecule has 17 heavy (non-hydrogen) atoms. The average molecular weight is 256 g/mol. The van der Waals surface area contributed by atoms with E-state index < -0.39 is 0 Å². The van der Waals surface area contributed by atoms with Crippen LogP contribution in [-0.4, -0.2) is 30.2 Å². The monoisotopic (exact) mass is 255 g/mol. The molecule has 94 valence electrons. The molecule has 0 aromatic carbocycles. The third-order valence-electron chi connectivity index (χ3n) is 3.34. The highest BCUT2D eigenvalue weighted by molar-refractivity contribution is 6.32. The highest BCUT2D eigenvalue weighted by Gasteiger charge is 2.21. The second-order valence-corrected chi connectivity index (χ2v) is 4.84. The maximum Gasteiger partial charge on any atom is 0.318 e. The Morgan fingerprint density at radius 2 is 2.06 bits per heavy atom. The molecule has 1 saturated carbocycles. The fourth-order valence-electron chi connectivity index (χ4n) is 2.33. The minimum absolute atomic E-state index is 0.368. The normalized spacial score (nSPS) is 16.9. The van der Waals surface area contributed by atoms with Gasteiger partial charge in [0.2, 0.25) is 0 Å². The maximum atomic E-state index is 6.15. The number of rotatable bonds is 3. The molecule has 0 radical (unpaired) electrons. The summed E-state index contributed by atoms with van der Waals surface area (Å²) in [7, 11) is 3.61. The first kappa shape index (κ1) is 12.4. The van der Waals surface area contributed by atoms with Crippen LogP contribution in [0.2, 0.25) is 5.02 Å². The third kappa shape index (κ3) is 2.80. The molecule has 1 aliphatic rings. The molecular formula is C12H18ClN3O. The van der Waals surface area contributed by atoms with Gasteiger partial charge in [0.05, 0.1) is 13.3 Å². The number of methoxy groups -OCH3 is 1. The number of aromatic nitrogens is 2. The Hall–Kier alpha value is -1.03.